The summed E-state index contributed by atoms with van der Waals surface area (Å²) in [5.74, 6) is 0.0139. The first-order chi connectivity index (χ1) is 5.29. The average Bonchev–Trinajstić information content (AvgIpc) is 2.04. The van der Waals surface area contributed by atoms with Crippen molar-refractivity contribution < 1.29 is 5.21 Å². The topological polar surface area (TPSA) is 94.2 Å². The lowest BCUT2D eigenvalue weighted by atomic mass is 10.5. The standard InChI is InChI=1S/C4H4ClN5O/c5-3-2(9-6)4(10-11)8-1-7-3/h1,6,11H,(H,7,8,10). The van der Waals surface area contributed by atoms with E-state index in [1.807, 2.05) is 0 Å². The van der Waals surface area contributed by atoms with Gasteiger partial charge >= 0.3 is 0 Å². The highest BCUT2D eigenvalue weighted by molar-refractivity contribution is 6.32. The second kappa shape index (κ2) is 3.22. The Morgan fingerprint density at radius 2 is 2.36 bits per heavy atom. The number of hydrogen-bond donors (Lipinski definition) is 3. The largest absolute Gasteiger partial charge is 0.290 e. The van der Waals surface area contributed by atoms with Gasteiger partial charge in [-0.1, -0.05) is 11.6 Å². The smallest absolute Gasteiger partial charge is 0.182 e. The van der Waals surface area contributed by atoms with Crippen molar-refractivity contribution in [2.24, 2.45) is 5.11 Å². The Labute approximate surface area is 66.7 Å². The van der Waals surface area contributed by atoms with Crippen LogP contribution in [0.25, 0.3) is 0 Å². The highest BCUT2D eigenvalue weighted by atomic mass is 35.5. The molecule has 1 aromatic rings. The number of aromatic nitrogens is 2. The Bertz CT molecular complexity index is 277. The molecule has 0 radical (unpaired) electrons. The van der Waals surface area contributed by atoms with E-state index in [0.717, 1.165) is 6.33 Å². The number of anilines is 1. The summed E-state index contributed by atoms with van der Waals surface area (Å²) >= 11 is 5.49. The van der Waals surface area contributed by atoms with Crippen molar-refractivity contribution in [2.75, 3.05) is 5.48 Å². The number of hydrogen-bond acceptors (Lipinski definition) is 6. The molecule has 6 nitrogen and oxygen atoms in total. The van der Waals surface area contributed by atoms with Crippen LogP contribution in [0.5, 0.6) is 0 Å². The summed E-state index contributed by atoms with van der Waals surface area (Å²) in [7, 11) is 0. The molecule has 0 aliphatic carbocycles. The van der Waals surface area contributed by atoms with Crippen LogP contribution >= 0.6 is 11.6 Å². The predicted molar refractivity (Wildman–Crippen MR) is 37.3 cm³/mol. The van der Waals surface area contributed by atoms with Gasteiger partial charge in [0.2, 0.25) is 0 Å². The molecule has 1 heterocycles. The Kier molecular flexibility index (Phi) is 2.29. The van der Waals surface area contributed by atoms with Crippen LogP contribution in [0.15, 0.2) is 11.4 Å². The first kappa shape index (κ1) is 7.83. The summed E-state index contributed by atoms with van der Waals surface area (Å²) in [6, 6.07) is 0. The van der Waals surface area contributed by atoms with E-state index in [-0.39, 0.29) is 16.7 Å². The fourth-order valence-corrected chi connectivity index (χ4v) is 0.714. The highest BCUT2D eigenvalue weighted by Gasteiger charge is 2.06. The second-order valence-electron chi connectivity index (χ2n) is 1.59. The van der Waals surface area contributed by atoms with E-state index in [0.29, 0.717) is 0 Å². The van der Waals surface area contributed by atoms with Crippen LogP contribution in [0, 0.1) is 5.53 Å². The van der Waals surface area contributed by atoms with Crippen LogP contribution < -0.4 is 5.48 Å². The third-order valence-corrected chi connectivity index (χ3v) is 1.27. The maximum atomic E-state index is 8.43. The lowest BCUT2D eigenvalue weighted by Gasteiger charge is -2.00. The van der Waals surface area contributed by atoms with Gasteiger partial charge in [-0.2, -0.15) is 5.11 Å². The minimum atomic E-state index is 0.0108. The molecule has 1 aromatic heterocycles. The molecule has 0 fully saturated rings. The molecule has 0 bridgehead atoms. The van der Waals surface area contributed by atoms with Crippen LogP contribution in [-0.4, -0.2) is 15.2 Å². The van der Waals surface area contributed by atoms with Crippen molar-refractivity contribution in [1.29, 1.82) is 5.53 Å². The quantitative estimate of drug-likeness (QED) is 0.360. The second-order valence-corrected chi connectivity index (χ2v) is 1.94. The lowest BCUT2D eigenvalue weighted by Crippen LogP contribution is -1.94. The minimum Gasteiger partial charge on any atom is -0.290 e. The molecule has 0 amide bonds. The zero-order valence-corrected chi connectivity index (χ0v) is 6.00. The number of nitrogens with zero attached hydrogens (tertiary/aromatic N) is 3. The molecule has 0 unspecified atom stereocenters. The number of rotatable bonds is 2. The van der Waals surface area contributed by atoms with Crippen molar-refractivity contribution in [1.82, 2.24) is 9.97 Å². The van der Waals surface area contributed by atoms with Crippen LogP contribution in [0.3, 0.4) is 0 Å². The molecule has 3 N–H and O–H groups in total. The monoisotopic (exact) mass is 173 g/mol. The van der Waals surface area contributed by atoms with Crippen molar-refractivity contribution in [2.45, 2.75) is 0 Å². The summed E-state index contributed by atoms with van der Waals surface area (Å²) in [4.78, 5) is 7.11. The van der Waals surface area contributed by atoms with E-state index < -0.39 is 0 Å². The van der Waals surface area contributed by atoms with Crippen molar-refractivity contribution in [3.8, 4) is 0 Å². The number of nitrogens with one attached hydrogen (secondary N) is 2. The van der Waals surface area contributed by atoms with Gasteiger partial charge in [0, 0.05) is 0 Å². The molecule has 0 aromatic carbocycles. The molecule has 0 saturated heterocycles. The van der Waals surface area contributed by atoms with Crippen LogP contribution in [0.4, 0.5) is 11.5 Å². The first-order valence-corrected chi connectivity index (χ1v) is 2.95. The van der Waals surface area contributed by atoms with Gasteiger partial charge in [0.15, 0.2) is 16.7 Å². The molecule has 58 valence electrons. The Hall–Kier alpha value is -1.27. The molecule has 7 heteroatoms. The zero-order chi connectivity index (χ0) is 8.27. The molecule has 0 aliphatic heterocycles. The Balaban J connectivity index is 3.24. The third kappa shape index (κ3) is 1.41. The molecule has 0 aliphatic rings. The van der Waals surface area contributed by atoms with E-state index >= 15 is 0 Å². The number of halogens is 1. The van der Waals surface area contributed by atoms with Crippen LogP contribution in [0.1, 0.15) is 0 Å². The normalized spacial score (nSPS) is 9.27. The maximum Gasteiger partial charge on any atom is 0.182 e. The van der Waals surface area contributed by atoms with Crippen LogP contribution in [-0.2, 0) is 0 Å². The summed E-state index contributed by atoms with van der Waals surface area (Å²) in [6.45, 7) is 0. The molecule has 0 atom stereocenters. The summed E-state index contributed by atoms with van der Waals surface area (Å²) in [5.41, 5.74) is 8.39. The van der Waals surface area contributed by atoms with Gasteiger partial charge in [0.25, 0.3) is 0 Å². The van der Waals surface area contributed by atoms with Gasteiger partial charge in [0.05, 0.1) is 0 Å². The minimum absolute atomic E-state index is 0.0108. The molecule has 0 saturated carbocycles. The summed E-state index contributed by atoms with van der Waals surface area (Å²) in [6.07, 6.45) is 1.15. The van der Waals surface area contributed by atoms with Gasteiger partial charge in [-0.3, -0.25) is 10.7 Å². The lowest BCUT2D eigenvalue weighted by molar-refractivity contribution is 0.386. The van der Waals surface area contributed by atoms with Crippen molar-refractivity contribution >= 4 is 23.1 Å². The molecular formula is C4H4ClN5O. The van der Waals surface area contributed by atoms with Gasteiger partial charge < -0.3 is 0 Å². The van der Waals surface area contributed by atoms with Crippen molar-refractivity contribution in [3.05, 3.63) is 11.5 Å². The van der Waals surface area contributed by atoms with Gasteiger partial charge in [-0.05, 0) is 0 Å². The molecule has 11 heavy (non-hydrogen) atoms. The molecule has 0 spiro atoms. The van der Waals surface area contributed by atoms with E-state index in [4.69, 9.17) is 22.3 Å². The average molecular weight is 174 g/mol. The Morgan fingerprint density at radius 3 is 2.82 bits per heavy atom. The van der Waals surface area contributed by atoms with Crippen LogP contribution in [0.2, 0.25) is 5.15 Å². The fraction of sp³-hybridized carbons (Fsp3) is 0. The first-order valence-electron chi connectivity index (χ1n) is 2.57. The third-order valence-electron chi connectivity index (χ3n) is 0.995. The molecule has 1 rings (SSSR count). The van der Waals surface area contributed by atoms with Gasteiger partial charge in [-0.15, -0.1) is 0 Å². The maximum absolute atomic E-state index is 8.43. The van der Waals surface area contributed by atoms with Gasteiger partial charge in [0.1, 0.15) is 6.33 Å². The zero-order valence-electron chi connectivity index (χ0n) is 5.24. The van der Waals surface area contributed by atoms with E-state index in [1.165, 1.54) is 0 Å². The molecular weight excluding hydrogens is 170 g/mol. The van der Waals surface area contributed by atoms with Gasteiger partial charge in [-0.25, -0.2) is 15.5 Å². The summed E-state index contributed by atoms with van der Waals surface area (Å²) in [5, 5.41) is 11.5. The predicted octanol–water partition coefficient (Wildman–Crippen LogP) is 1.59. The van der Waals surface area contributed by atoms with Crippen molar-refractivity contribution in [3.63, 3.8) is 0 Å². The Morgan fingerprint density at radius 1 is 1.64 bits per heavy atom. The summed E-state index contributed by atoms with van der Waals surface area (Å²) < 4.78 is 0. The van der Waals surface area contributed by atoms with E-state index in [1.54, 1.807) is 5.48 Å². The SMILES string of the molecule is N=Nc1c(Cl)ncnc1NO. The highest BCUT2D eigenvalue weighted by Crippen LogP contribution is 2.27. The van der Waals surface area contributed by atoms with E-state index in [9.17, 15) is 0 Å². The fourth-order valence-electron chi connectivity index (χ4n) is 0.538. The van der Waals surface area contributed by atoms with E-state index in [2.05, 4.69) is 15.1 Å².